The van der Waals surface area contributed by atoms with Crippen LogP contribution in [0.1, 0.15) is 48.7 Å². The number of amides is 1. The molecule has 1 atom stereocenters. The fourth-order valence-corrected chi connectivity index (χ4v) is 5.98. The predicted octanol–water partition coefficient (Wildman–Crippen LogP) is 3.68. The van der Waals surface area contributed by atoms with E-state index in [4.69, 9.17) is 5.10 Å². The molecule has 0 saturated carbocycles. The van der Waals surface area contributed by atoms with Gasteiger partial charge in [-0.15, -0.1) is 0 Å². The summed E-state index contributed by atoms with van der Waals surface area (Å²) in [4.78, 5) is 17.8. The van der Waals surface area contributed by atoms with E-state index in [0.29, 0.717) is 30.9 Å². The van der Waals surface area contributed by atoms with Crippen LogP contribution in [-0.4, -0.2) is 75.4 Å². The van der Waals surface area contributed by atoms with Crippen molar-refractivity contribution in [3.63, 3.8) is 0 Å². The maximum atomic E-state index is 15.6. The van der Waals surface area contributed by atoms with Crippen LogP contribution in [0.3, 0.4) is 0 Å². The Bertz CT molecular complexity index is 1630. The van der Waals surface area contributed by atoms with Crippen molar-refractivity contribution in [2.45, 2.75) is 38.3 Å². The van der Waals surface area contributed by atoms with E-state index in [1.54, 1.807) is 37.2 Å². The number of rotatable bonds is 4. The number of anilines is 1. The molecule has 2 aliphatic heterocycles. The molecule has 0 aliphatic carbocycles. The van der Waals surface area contributed by atoms with Crippen LogP contribution >= 0.6 is 0 Å². The van der Waals surface area contributed by atoms with Crippen molar-refractivity contribution in [3.8, 4) is 6.07 Å². The van der Waals surface area contributed by atoms with Gasteiger partial charge in [-0.05, 0) is 68.6 Å². The van der Waals surface area contributed by atoms with E-state index in [9.17, 15) is 14.4 Å². The van der Waals surface area contributed by atoms with Crippen LogP contribution in [0.15, 0.2) is 30.5 Å². The van der Waals surface area contributed by atoms with Gasteiger partial charge in [0.15, 0.2) is 5.82 Å². The van der Waals surface area contributed by atoms with Crippen LogP contribution in [0.4, 0.5) is 14.5 Å². The molecule has 6 rings (SSSR count). The summed E-state index contributed by atoms with van der Waals surface area (Å²) in [5.41, 5.74) is 3.44. The second kappa shape index (κ2) is 9.61. The molecule has 11 heteroatoms. The van der Waals surface area contributed by atoms with E-state index in [0.717, 1.165) is 48.7 Å². The van der Waals surface area contributed by atoms with Crippen LogP contribution in [-0.2, 0) is 11.3 Å². The van der Waals surface area contributed by atoms with E-state index in [-0.39, 0.29) is 34.9 Å². The third kappa shape index (κ3) is 4.29. The number of piperidine rings is 1. The molecule has 1 amide bonds. The van der Waals surface area contributed by atoms with Crippen molar-refractivity contribution in [1.82, 2.24) is 29.2 Å². The van der Waals surface area contributed by atoms with Gasteiger partial charge in [-0.1, -0.05) is 0 Å². The first kappa shape index (κ1) is 25.2. The molecule has 1 fully saturated rings. The molecule has 9 nitrogen and oxygen atoms in total. The van der Waals surface area contributed by atoms with Gasteiger partial charge in [0, 0.05) is 26.0 Å². The van der Waals surface area contributed by atoms with E-state index in [1.807, 2.05) is 22.6 Å². The maximum absolute atomic E-state index is 15.6. The number of carbonyl (C=O) groups excluding carboxylic acids is 1. The van der Waals surface area contributed by atoms with E-state index in [1.165, 1.54) is 4.52 Å². The number of hydrogen-bond donors (Lipinski definition) is 0. The Balaban J connectivity index is 1.29. The minimum atomic E-state index is -0.494. The molecule has 4 aromatic rings. The number of nitriles is 1. The van der Waals surface area contributed by atoms with Gasteiger partial charge in [-0.25, -0.2) is 13.3 Å². The summed E-state index contributed by atoms with van der Waals surface area (Å²) in [5, 5.41) is 19.1. The van der Waals surface area contributed by atoms with Crippen molar-refractivity contribution >= 4 is 28.0 Å². The molecule has 3 aromatic heterocycles. The molecule has 1 aromatic carbocycles. The Kier molecular flexibility index (Phi) is 6.22. The standard InChI is InChI=1S/C28H30F2N8O/c1-17-14-36(25-5-4-19(12-31)38-28(25)23(30)13-32-38)15-26-21-10-22(29)20(11-24(21)33-37(17)26)18-6-8-35(9-7-18)16-27(39)34(2)3/h4-5,10-11,13,17-18H,6-9,14-16H2,1-3H3/t17-/m1/s1. The number of likely N-dealkylation sites (tertiary alicyclic amines) is 1. The van der Waals surface area contributed by atoms with Crippen molar-refractivity contribution in [2.75, 3.05) is 45.2 Å². The highest BCUT2D eigenvalue weighted by Gasteiger charge is 2.30. The first-order chi connectivity index (χ1) is 18.7. The fourth-order valence-electron chi connectivity index (χ4n) is 5.98. The quantitative estimate of drug-likeness (QED) is 0.399. The molecular formula is C28H30F2N8O. The number of halogens is 2. The highest BCUT2D eigenvalue weighted by atomic mass is 19.1. The number of hydrogen-bond acceptors (Lipinski definition) is 6. The number of fused-ring (bicyclic) bond motifs is 4. The zero-order valence-corrected chi connectivity index (χ0v) is 22.2. The smallest absolute Gasteiger partial charge is 0.236 e. The van der Waals surface area contributed by atoms with Crippen LogP contribution in [0.25, 0.3) is 16.4 Å². The number of pyridine rings is 1. The SMILES string of the molecule is C[C@@H]1CN(c2ccc(C#N)n3ncc(F)c23)Cc2c3cc(F)c(C4CCN(CC(=O)N(C)C)CC4)cc3nn21. The van der Waals surface area contributed by atoms with Crippen LogP contribution in [0.5, 0.6) is 0 Å². The molecule has 0 unspecified atom stereocenters. The zero-order chi connectivity index (χ0) is 27.4. The molecule has 39 heavy (non-hydrogen) atoms. The second-order valence-electron chi connectivity index (χ2n) is 10.8. The lowest BCUT2D eigenvalue weighted by molar-refractivity contribution is -0.130. The highest BCUT2D eigenvalue weighted by molar-refractivity contribution is 5.84. The topological polar surface area (TPSA) is 85.7 Å². The van der Waals surface area contributed by atoms with Gasteiger partial charge >= 0.3 is 0 Å². The summed E-state index contributed by atoms with van der Waals surface area (Å²) in [6.45, 7) is 4.92. The van der Waals surface area contributed by atoms with Gasteiger partial charge in [0.05, 0.1) is 42.2 Å². The van der Waals surface area contributed by atoms with Gasteiger partial charge in [0.2, 0.25) is 5.91 Å². The minimum Gasteiger partial charge on any atom is -0.362 e. The molecule has 0 bridgehead atoms. The van der Waals surface area contributed by atoms with E-state index in [2.05, 4.69) is 16.1 Å². The lowest BCUT2D eigenvalue weighted by Gasteiger charge is -2.34. The molecular weight excluding hydrogens is 502 g/mol. The third-order valence-electron chi connectivity index (χ3n) is 8.10. The van der Waals surface area contributed by atoms with Crippen molar-refractivity contribution < 1.29 is 13.6 Å². The van der Waals surface area contributed by atoms with Gasteiger partial charge in [-0.3, -0.25) is 14.4 Å². The monoisotopic (exact) mass is 532 g/mol. The Hall–Kier alpha value is -4.04. The predicted molar refractivity (Wildman–Crippen MR) is 142 cm³/mol. The maximum Gasteiger partial charge on any atom is 0.236 e. The Morgan fingerprint density at radius 3 is 2.67 bits per heavy atom. The number of aromatic nitrogens is 4. The average Bonchev–Trinajstić information content (AvgIpc) is 3.49. The molecule has 5 heterocycles. The Morgan fingerprint density at radius 2 is 1.95 bits per heavy atom. The molecule has 0 radical (unpaired) electrons. The van der Waals surface area contributed by atoms with Gasteiger partial charge < -0.3 is 9.80 Å². The zero-order valence-electron chi connectivity index (χ0n) is 22.2. The Morgan fingerprint density at radius 1 is 1.18 bits per heavy atom. The lowest BCUT2D eigenvalue weighted by atomic mass is 9.88. The molecule has 0 N–H and O–H groups in total. The summed E-state index contributed by atoms with van der Waals surface area (Å²) < 4.78 is 33.6. The van der Waals surface area contributed by atoms with Crippen LogP contribution < -0.4 is 4.90 Å². The van der Waals surface area contributed by atoms with E-state index >= 15 is 4.39 Å². The third-order valence-corrected chi connectivity index (χ3v) is 8.10. The number of likely N-dealkylation sites (N-methyl/N-ethyl adjacent to an activating group) is 1. The van der Waals surface area contributed by atoms with Crippen molar-refractivity contribution in [1.29, 1.82) is 5.26 Å². The van der Waals surface area contributed by atoms with Crippen LogP contribution in [0, 0.1) is 23.0 Å². The Labute approximate surface area is 224 Å². The average molecular weight is 533 g/mol. The summed E-state index contributed by atoms with van der Waals surface area (Å²) >= 11 is 0. The van der Waals surface area contributed by atoms with Gasteiger partial charge in [0.25, 0.3) is 0 Å². The van der Waals surface area contributed by atoms with Crippen LogP contribution in [0.2, 0.25) is 0 Å². The van der Waals surface area contributed by atoms with Crippen molar-refractivity contribution in [3.05, 3.63) is 59.0 Å². The second-order valence-corrected chi connectivity index (χ2v) is 10.8. The lowest BCUT2D eigenvalue weighted by Crippen LogP contribution is -2.40. The molecule has 1 saturated heterocycles. The molecule has 0 spiro atoms. The summed E-state index contributed by atoms with van der Waals surface area (Å²) in [6.07, 6.45) is 2.69. The number of nitrogens with zero attached hydrogens (tertiary/aromatic N) is 8. The largest absolute Gasteiger partial charge is 0.362 e. The number of benzene rings is 1. The minimum absolute atomic E-state index is 0.0354. The summed E-state index contributed by atoms with van der Waals surface area (Å²) in [6, 6.07) is 8.88. The highest BCUT2D eigenvalue weighted by Crippen LogP contribution is 2.37. The fraction of sp³-hybridized carbons (Fsp3) is 0.429. The summed E-state index contributed by atoms with van der Waals surface area (Å²) in [7, 11) is 3.51. The first-order valence-corrected chi connectivity index (χ1v) is 13.2. The van der Waals surface area contributed by atoms with E-state index < -0.39 is 5.82 Å². The van der Waals surface area contributed by atoms with Crippen molar-refractivity contribution in [2.24, 2.45) is 0 Å². The first-order valence-electron chi connectivity index (χ1n) is 13.2. The summed E-state index contributed by atoms with van der Waals surface area (Å²) in [5.74, 6) is -0.588. The number of carbonyl (C=O) groups is 1. The van der Waals surface area contributed by atoms with Gasteiger partial charge in [0.1, 0.15) is 23.1 Å². The normalized spacial score (nSPS) is 18.5. The molecule has 2 aliphatic rings. The molecule has 202 valence electrons. The van der Waals surface area contributed by atoms with Gasteiger partial charge in [-0.2, -0.15) is 15.5 Å².